The van der Waals surface area contributed by atoms with Gasteiger partial charge in [-0.05, 0) is 17.0 Å². The van der Waals surface area contributed by atoms with Crippen molar-refractivity contribution in [3.63, 3.8) is 0 Å². The highest BCUT2D eigenvalue weighted by Crippen LogP contribution is 2.18. The Morgan fingerprint density at radius 2 is 1.92 bits per heavy atom. The molecule has 0 saturated carbocycles. The molecule has 0 radical (unpaired) electrons. The van der Waals surface area contributed by atoms with Crippen LogP contribution in [0.5, 0.6) is 0 Å². The molecule has 0 fully saturated rings. The number of thiazole rings is 1. The van der Waals surface area contributed by atoms with Gasteiger partial charge in [0, 0.05) is 23.7 Å². The van der Waals surface area contributed by atoms with Gasteiger partial charge in [-0.3, -0.25) is 14.9 Å². The number of hydrogen-bond acceptors (Lipinski definition) is 5. The minimum absolute atomic E-state index is 0.418. The maximum atomic E-state index is 12.2. The lowest BCUT2D eigenvalue weighted by Gasteiger charge is -2.14. The second-order valence-corrected chi connectivity index (χ2v) is 7.39. The van der Waals surface area contributed by atoms with Crippen molar-refractivity contribution in [1.29, 1.82) is 0 Å². The van der Waals surface area contributed by atoms with Gasteiger partial charge in [0.2, 0.25) is 0 Å². The van der Waals surface area contributed by atoms with Gasteiger partial charge in [-0.15, -0.1) is 22.7 Å². The SMILES string of the molecule is CN(Cc1cccs1)C(=O)C(=O)Nc1nc(Cc2ccccc2)cs1. The largest absolute Gasteiger partial charge is 0.332 e. The summed E-state index contributed by atoms with van der Waals surface area (Å²) in [4.78, 5) is 31.1. The van der Waals surface area contributed by atoms with Gasteiger partial charge < -0.3 is 4.90 Å². The monoisotopic (exact) mass is 371 g/mol. The van der Waals surface area contributed by atoms with Gasteiger partial charge >= 0.3 is 11.8 Å². The minimum atomic E-state index is -0.667. The van der Waals surface area contributed by atoms with Crippen molar-refractivity contribution in [2.45, 2.75) is 13.0 Å². The first kappa shape index (κ1) is 17.3. The third-order valence-electron chi connectivity index (χ3n) is 3.51. The number of benzene rings is 1. The molecule has 3 rings (SSSR count). The van der Waals surface area contributed by atoms with Gasteiger partial charge in [0.15, 0.2) is 5.13 Å². The predicted octanol–water partition coefficient (Wildman–Crippen LogP) is 3.39. The van der Waals surface area contributed by atoms with Crippen LogP contribution in [0, 0.1) is 0 Å². The molecule has 2 amide bonds. The van der Waals surface area contributed by atoms with E-state index in [2.05, 4.69) is 10.3 Å². The Hall–Kier alpha value is -2.51. The smallest absolute Gasteiger partial charge is 0.315 e. The molecule has 2 aromatic heterocycles. The number of thiophene rings is 1. The molecule has 7 heteroatoms. The number of nitrogens with one attached hydrogen (secondary N) is 1. The van der Waals surface area contributed by atoms with Gasteiger partial charge in [0.25, 0.3) is 0 Å². The maximum absolute atomic E-state index is 12.2. The van der Waals surface area contributed by atoms with Crippen molar-refractivity contribution >= 4 is 39.6 Å². The predicted molar refractivity (Wildman–Crippen MR) is 101 cm³/mol. The van der Waals surface area contributed by atoms with Gasteiger partial charge in [-0.25, -0.2) is 4.98 Å². The van der Waals surface area contributed by atoms with Gasteiger partial charge in [-0.2, -0.15) is 0 Å². The van der Waals surface area contributed by atoms with Crippen LogP contribution in [0.15, 0.2) is 53.2 Å². The molecule has 0 atom stereocenters. The highest BCUT2D eigenvalue weighted by molar-refractivity contribution is 7.14. The molecule has 128 valence electrons. The number of anilines is 1. The van der Waals surface area contributed by atoms with E-state index in [-0.39, 0.29) is 0 Å². The first-order valence-electron chi connectivity index (χ1n) is 7.69. The second kappa shape index (κ2) is 8.04. The standard InChI is InChI=1S/C18H17N3O2S2/c1-21(11-15-8-5-9-24-15)17(23)16(22)20-18-19-14(12-25-18)10-13-6-3-2-4-7-13/h2-9,12H,10-11H2,1H3,(H,19,20,22). The van der Waals surface area contributed by atoms with Crippen LogP contribution in [0.4, 0.5) is 5.13 Å². The average molecular weight is 371 g/mol. The zero-order valence-corrected chi connectivity index (χ0v) is 15.3. The van der Waals surface area contributed by atoms with Crippen molar-refractivity contribution in [2.75, 3.05) is 12.4 Å². The topological polar surface area (TPSA) is 62.3 Å². The molecule has 0 spiro atoms. The van der Waals surface area contributed by atoms with E-state index in [4.69, 9.17) is 0 Å². The van der Waals surface area contributed by atoms with Crippen LogP contribution in [-0.4, -0.2) is 28.7 Å². The number of nitrogens with zero attached hydrogens (tertiary/aromatic N) is 2. The van der Waals surface area contributed by atoms with E-state index in [9.17, 15) is 9.59 Å². The van der Waals surface area contributed by atoms with Crippen LogP contribution in [0.1, 0.15) is 16.1 Å². The summed E-state index contributed by atoms with van der Waals surface area (Å²) in [6, 6.07) is 13.8. The highest BCUT2D eigenvalue weighted by Gasteiger charge is 2.20. The molecule has 3 aromatic rings. The Bertz CT molecular complexity index is 844. The van der Waals surface area contributed by atoms with Crippen LogP contribution in [0.25, 0.3) is 0 Å². The van der Waals surface area contributed by atoms with E-state index in [1.165, 1.54) is 16.2 Å². The highest BCUT2D eigenvalue weighted by atomic mass is 32.1. The van der Waals surface area contributed by atoms with Crippen LogP contribution in [0.3, 0.4) is 0 Å². The molecule has 1 N–H and O–H groups in total. The normalized spacial score (nSPS) is 10.4. The molecule has 0 aliphatic rings. The summed E-state index contributed by atoms with van der Waals surface area (Å²) >= 11 is 2.87. The summed E-state index contributed by atoms with van der Waals surface area (Å²) in [6.45, 7) is 0.418. The Morgan fingerprint density at radius 3 is 2.64 bits per heavy atom. The number of aromatic nitrogens is 1. The van der Waals surface area contributed by atoms with Crippen LogP contribution < -0.4 is 5.32 Å². The molecule has 0 unspecified atom stereocenters. The molecule has 0 bridgehead atoms. The quantitative estimate of drug-likeness (QED) is 0.699. The first-order valence-corrected chi connectivity index (χ1v) is 9.45. The van der Waals surface area contributed by atoms with E-state index in [1.807, 2.05) is 53.2 Å². The second-order valence-electron chi connectivity index (χ2n) is 5.50. The van der Waals surface area contributed by atoms with Crippen molar-refractivity contribution in [3.05, 3.63) is 69.4 Å². The molecular weight excluding hydrogens is 354 g/mol. The van der Waals surface area contributed by atoms with Crippen molar-refractivity contribution < 1.29 is 9.59 Å². The molecule has 0 aliphatic heterocycles. The lowest BCUT2D eigenvalue weighted by atomic mass is 10.1. The summed E-state index contributed by atoms with van der Waals surface area (Å²) in [6.07, 6.45) is 0.694. The van der Waals surface area contributed by atoms with Crippen LogP contribution in [0.2, 0.25) is 0 Å². The van der Waals surface area contributed by atoms with Crippen molar-refractivity contribution in [2.24, 2.45) is 0 Å². The Labute approximate surface area is 154 Å². The summed E-state index contributed by atoms with van der Waals surface area (Å²) in [7, 11) is 1.62. The molecule has 0 saturated heterocycles. The third kappa shape index (κ3) is 4.74. The summed E-state index contributed by atoms with van der Waals surface area (Å²) in [5.74, 6) is -1.24. The van der Waals surface area contributed by atoms with Crippen molar-refractivity contribution in [3.8, 4) is 0 Å². The maximum Gasteiger partial charge on any atom is 0.315 e. The zero-order valence-electron chi connectivity index (χ0n) is 13.6. The van der Waals surface area contributed by atoms with Gasteiger partial charge in [0.05, 0.1) is 12.2 Å². The summed E-state index contributed by atoms with van der Waals surface area (Å²) in [5.41, 5.74) is 2.02. The lowest BCUT2D eigenvalue weighted by Crippen LogP contribution is -2.36. The summed E-state index contributed by atoms with van der Waals surface area (Å²) < 4.78 is 0. The van der Waals surface area contributed by atoms with E-state index in [0.717, 1.165) is 16.1 Å². The molecule has 25 heavy (non-hydrogen) atoms. The Balaban J connectivity index is 1.56. The lowest BCUT2D eigenvalue weighted by molar-refractivity contribution is -0.142. The fourth-order valence-corrected chi connectivity index (χ4v) is 3.75. The van der Waals surface area contributed by atoms with E-state index in [1.54, 1.807) is 18.4 Å². The molecule has 2 heterocycles. The minimum Gasteiger partial charge on any atom is -0.332 e. The fraction of sp³-hybridized carbons (Fsp3) is 0.167. The number of likely N-dealkylation sites (N-methyl/N-ethyl adjacent to an activating group) is 1. The fourth-order valence-electron chi connectivity index (χ4n) is 2.28. The number of hydrogen-bond donors (Lipinski definition) is 1. The molecule has 5 nitrogen and oxygen atoms in total. The summed E-state index contributed by atoms with van der Waals surface area (Å²) in [5, 5.41) is 6.86. The van der Waals surface area contributed by atoms with Crippen LogP contribution >= 0.6 is 22.7 Å². The molecule has 0 aliphatic carbocycles. The first-order chi connectivity index (χ1) is 12.1. The van der Waals surface area contributed by atoms with E-state index in [0.29, 0.717) is 18.1 Å². The van der Waals surface area contributed by atoms with Crippen molar-refractivity contribution in [1.82, 2.24) is 9.88 Å². The number of carbonyl (C=O) groups is 2. The van der Waals surface area contributed by atoms with E-state index < -0.39 is 11.8 Å². The Kier molecular flexibility index (Phi) is 5.57. The number of carbonyl (C=O) groups excluding carboxylic acids is 2. The van der Waals surface area contributed by atoms with Crippen LogP contribution in [-0.2, 0) is 22.6 Å². The van der Waals surface area contributed by atoms with Gasteiger partial charge in [-0.1, -0.05) is 36.4 Å². The zero-order chi connectivity index (χ0) is 17.6. The number of rotatable bonds is 5. The average Bonchev–Trinajstić information content (AvgIpc) is 3.27. The van der Waals surface area contributed by atoms with Gasteiger partial charge in [0.1, 0.15) is 0 Å². The molecular formula is C18H17N3O2S2. The Morgan fingerprint density at radius 1 is 1.12 bits per heavy atom. The number of amides is 2. The molecule has 1 aromatic carbocycles. The van der Waals surface area contributed by atoms with E-state index >= 15 is 0 Å². The third-order valence-corrected chi connectivity index (χ3v) is 5.18.